The summed E-state index contributed by atoms with van der Waals surface area (Å²) >= 11 is 0. The van der Waals surface area contributed by atoms with Crippen molar-refractivity contribution in [2.75, 3.05) is 33.4 Å². The topological polar surface area (TPSA) is 72.0 Å². The molecule has 6 nitrogen and oxygen atoms in total. The number of hydrogen-bond donors (Lipinski definition) is 2. The molecule has 0 bridgehead atoms. The largest absolute Gasteiger partial charge is 0.465 e. The Labute approximate surface area is 166 Å². The molecular formula is C18H28IN3O3. The van der Waals surface area contributed by atoms with Crippen molar-refractivity contribution in [1.82, 2.24) is 10.6 Å². The summed E-state index contributed by atoms with van der Waals surface area (Å²) in [6.45, 7) is 5.20. The zero-order valence-electron chi connectivity index (χ0n) is 14.9. The molecule has 0 spiro atoms. The number of guanidine groups is 1. The third-order valence-corrected chi connectivity index (χ3v) is 3.90. The summed E-state index contributed by atoms with van der Waals surface area (Å²) in [4.78, 5) is 16.0. The van der Waals surface area contributed by atoms with Crippen LogP contribution in [0, 0.1) is 0 Å². The molecule has 1 aromatic carbocycles. The van der Waals surface area contributed by atoms with Crippen molar-refractivity contribution in [3.63, 3.8) is 0 Å². The number of rotatable bonds is 7. The first kappa shape index (κ1) is 21.7. The molecule has 1 heterocycles. The summed E-state index contributed by atoms with van der Waals surface area (Å²) in [5.74, 6) is 0.509. The van der Waals surface area contributed by atoms with Crippen LogP contribution in [0.4, 0.5) is 0 Å². The molecule has 1 aliphatic rings. The Morgan fingerprint density at radius 3 is 2.68 bits per heavy atom. The predicted octanol–water partition coefficient (Wildman–Crippen LogP) is 2.37. The number of carbonyl (C=O) groups is 1. The van der Waals surface area contributed by atoms with Gasteiger partial charge in [0, 0.05) is 19.7 Å². The van der Waals surface area contributed by atoms with Crippen molar-refractivity contribution in [2.45, 2.75) is 32.3 Å². The van der Waals surface area contributed by atoms with Crippen molar-refractivity contribution in [2.24, 2.45) is 4.99 Å². The van der Waals surface area contributed by atoms with Gasteiger partial charge in [0.15, 0.2) is 5.96 Å². The number of ether oxygens (including phenoxy) is 2. The number of nitrogens with zero attached hydrogens (tertiary/aromatic N) is 1. The molecule has 140 valence electrons. The van der Waals surface area contributed by atoms with E-state index in [9.17, 15) is 4.79 Å². The lowest BCUT2D eigenvalue weighted by molar-refractivity contribution is 0.0600. The predicted molar refractivity (Wildman–Crippen MR) is 110 cm³/mol. The van der Waals surface area contributed by atoms with Crippen LogP contribution in [0.25, 0.3) is 0 Å². The first-order valence-electron chi connectivity index (χ1n) is 8.54. The number of aliphatic imine (C=N–C) groups is 1. The standard InChI is InChI=1S/C18H27N3O3.HI/c1-3-19-18(21-13-16-5-4-12-24-16)20-11-10-14-6-8-15(9-7-14)17(22)23-2;/h6-9,16H,3-5,10-13H2,1-2H3,(H2,19,20,21);1H. The number of methoxy groups -OCH3 is 1. The fourth-order valence-electron chi connectivity index (χ4n) is 2.57. The first-order valence-corrected chi connectivity index (χ1v) is 8.54. The fourth-order valence-corrected chi connectivity index (χ4v) is 2.57. The smallest absolute Gasteiger partial charge is 0.337 e. The number of benzene rings is 1. The molecule has 2 N–H and O–H groups in total. The van der Waals surface area contributed by atoms with Gasteiger partial charge in [-0.25, -0.2) is 4.79 Å². The lowest BCUT2D eigenvalue weighted by Crippen LogP contribution is -2.38. The van der Waals surface area contributed by atoms with Crippen LogP contribution >= 0.6 is 24.0 Å². The molecule has 25 heavy (non-hydrogen) atoms. The van der Waals surface area contributed by atoms with E-state index < -0.39 is 0 Å². The normalized spacial score (nSPS) is 16.9. The Morgan fingerprint density at radius 2 is 2.08 bits per heavy atom. The van der Waals surface area contributed by atoms with Crippen molar-refractivity contribution >= 4 is 35.9 Å². The minimum Gasteiger partial charge on any atom is -0.465 e. The fraction of sp³-hybridized carbons (Fsp3) is 0.556. The molecule has 1 unspecified atom stereocenters. The van der Waals surface area contributed by atoms with E-state index in [1.54, 1.807) is 12.1 Å². The van der Waals surface area contributed by atoms with Crippen LogP contribution in [0.2, 0.25) is 0 Å². The Hall–Kier alpha value is -1.35. The third kappa shape index (κ3) is 7.60. The van der Waals surface area contributed by atoms with E-state index in [0.29, 0.717) is 12.1 Å². The number of nitrogens with one attached hydrogen (secondary N) is 2. The van der Waals surface area contributed by atoms with Crippen LogP contribution in [-0.4, -0.2) is 51.4 Å². The zero-order chi connectivity index (χ0) is 17.2. The number of carbonyl (C=O) groups excluding carboxylic acids is 1. The van der Waals surface area contributed by atoms with Crippen LogP contribution in [-0.2, 0) is 15.9 Å². The average Bonchev–Trinajstić information content (AvgIpc) is 3.13. The third-order valence-electron chi connectivity index (χ3n) is 3.90. The van der Waals surface area contributed by atoms with Crippen molar-refractivity contribution < 1.29 is 14.3 Å². The van der Waals surface area contributed by atoms with Gasteiger partial charge in [-0.2, -0.15) is 0 Å². The highest BCUT2D eigenvalue weighted by molar-refractivity contribution is 14.0. The van der Waals surface area contributed by atoms with E-state index in [-0.39, 0.29) is 36.0 Å². The van der Waals surface area contributed by atoms with Crippen LogP contribution in [0.5, 0.6) is 0 Å². The molecule has 7 heteroatoms. The van der Waals surface area contributed by atoms with Gasteiger partial charge >= 0.3 is 5.97 Å². The quantitative estimate of drug-likeness (QED) is 0.283. The monoisotopic (exact) mass is 461 g/mol. The Morgan fingerprint density at radius 1 is 1.32 bits per heavy atom. The van der Waals surface area contributed by atoms with E-state index in [1.165, 1.54) is 7.11 Å². The molecule has 1 saturated heterocycles. The van der Waals surface area contributed by atoms with Crippen LogP contribution in [0.1, 0.15) is 35.7 Å². The molecule has 0 amide bonds. The minimum absolute atomic E-state index is 0. The first-order chi connectivity index (χ1) is 11.7. The van der Waals surface area contributed by atoms with Gasteiger partial charge in [0.05, 0.1) is 25.3 Å². The Kier molecular flexibility index (Phi) is 10.5. The summed E-state index contributed by atoms with van der Waals surface area (Å²) in [7, 11) is 1.39. The van der Waals surface area contributed by atoms with Crippen LogP contribution < -0.4 is 10.6 Å². The van der Waals surface area contributed by atoms with Crippen molar-refractivity contribution in [3.05, 3.63) is 35.4 Å². The molecule has 1 atom stereocenters. The summed E-state index contributed by atoms with van der Waals surface area (Å²) in [6.07, 6.45) is 3.33. The van der Waals surface area contributed by atoms with Gasteiger partial charge in [0.1, 0.15) is 0 Å². The summed E-state index contributed by atoms with van der Waals surface area (Å²) in [5, 5.41) is 6.58. The highest BCUT2D eigenvalue weighted by atomic mass is 127. The molecule has 0 saturated carbocycles. The molecular weight excluding hydrogens is 433 g/mol. The summed E-state index contributed by atoms with van der Waals surface area (Å²) < 4.78 is 10.3. The lowest BCUT2D eigenvalue weighted by atomic mass is 10.1. The highest BCUT2D eigenvalue weighted by Crippen LogP contribution is 2.11. The van der Waals surface area contributed by atoms with E-state index in [0.717, 1.165) is 50.5 Å². The number of esters is 1. The molecule has 0 aliphatic carbocycles. The lowest BCUT2D eigenvalue weighted by Gasteiger charge is -2.13. The van der Waals surface area contributed by atoms with Gasteiger partial charge in [-0.05, 0) is 43.9 Å². The summed E-state index contributed by atoms with van der Waals surface area (Å²) in [5.41, 5.74) is 1.73. The van der Waals surface area contributed by atoms with Crippen LogP contribution in [0.15, 0.2) is 29.3 Å². The Balaban J connectivity index is 0.00000312. The number of hydrogen-bond acceptors (Lipinski definition) is 4. The van der Waals surface area contributed by atoms with E-state index in [4.69, 9.17) is 9.47 Å². The van der Waals surface area contributed by atoms with Crippen molar-refractivity contribution in [3.8, 4) is 0 Å². The molecule has 0 radical (unpaired) electrons. The second-order valence-corrected chi connectivity index (χ2v) is 5.72. The average molecular weight is 461 g/mol. The second-order valence-electron chi connectivity index (χ2n) is 5.72. The molecule has 2 rings (SSSR count). The SMILES string of the molecule is CCNC(=NCC1CCCO1)NCCc1ccc(C(=O)OC)cc1.I. The molecule has 1 aliphatic heterocycles. The maximum atomic E-state index is 11.4. The van der Waals surface area contributed by atoms with Gasteiger partial charge in [0.25, 0.3) is 0 Å². The highest BCUT2D eigenvalue weighted by Gasteiger charge is 2.14. The maximum Gasteiger partial charge on any atom is 0.337 e. The van der Waals surface area contributed by atoms with Gasteiger partial charge in [-0.15, -0.1) is 24.0 Å². The van der Waals surface area contributed by atoms with Crippen molar-refractivity contribution in [1.29, 1.82) is 0 Å². The summed E-state index contributed by atoms with van der Waals surface area (Å²) in [6, 6.07) is 7.48. The van der Waals surface area contributed by atoms with E-state index >= 15 is 0 Å². The zero-order valence-corrected chi connectivity index (χ0v) is 17.2. The van der Waals surface area contributed by atoms with Gasteiger partial charge in [-0.1, -0.05) is 12.1 Å². The van der Waals surface area contributed by atoms with Gasteiger partial charge in [-0.3, -0.25) is 4.99 Å². The molecule has 1 aromatic rings. The van der Waals surface area contributed by atoms with Gasteiger partial charge < -0.3 is 20.1 Å². The molecule has 1 fully saturated rings. The van der Waals surface area contributed by atoms with Gasteiger partial charge in [0.2, 0.25) is 0 Å². The Bertz CT molecular complexity index is 543. The van der Waals surface area contributed by atoms with E-state index in [1.807, 2.05) is 12.1 Å². The number of halogens is 1. The minimum atomic E-state index is -0.310. The molecule has 0 aromatic heterocycles. The van der Waals surface area contributed by atoms with Crippen LogP contribution in [0.3, 0.4) is 0 Å². The maximum absolute atomic E-state index is 11.4. The second kappa shape index (κ2) is 12.1. The van der Waals surface area contributed by atoms with E-state index in [2.05, 4.69) is 22.5 Å².